The second-order valence-electron chi connectivity index (χ2n) is 26.8. The molecule has 0 aromatic rings. The van der Waals surface area contributed by atoms with E-state index < -0.39 is 137 Å². The van der Waals surface area contributed by atoms with E-state index in [1.54, 1.807) is 69.4 Å². The van der Waals surface area contributed by atoms with Gasteiger partial charge >= 0.3 is 11.9 Å². The molecule has 0 aromatic carbocycles. The molecule has 28 atom stereocenters. The number of rotatable bonds is 8. The van der Waals surface area contributed by atoms with E-state index in [0.717, 1.165) is 0 Å². The number of nitrogens with zero attached hydrogens (tertiary/aromatic N) is 1. The minimum atomic E-state index is -1.88. The molecule has 0 saturated carbocycles. The Labute approximate surface area is 479 Å². The number of ketones is 2. The summed E-state index contributed by atoms with van der Waals surface area (Å²) < 4.78 is 42.7. The Morgan fingerprint density at radius 1 is 0.575 bits per heavy atom. The van der Waals surface area contributed by atoms with Crippen LogP contribution in [0.2, 0.25) is 0 Å². The molecular weight excluding hydrogens is 1030 g/mol. The molecule has 0 aliphatic carbocycles. The van der Waals surface area contributed by atoms with Gasteiger partial charge in [-0.1, -0.05) is 83.1 Å². The van der Waals surface area contributed by atoms with Gasteiger partial charge in [0.1, 0.15) is 41.1 Å². The molecule has 0 radical (unpaired) electrons. The normalized spacial score (nSPS) is 49.4. The zero-order valence-corrected chi connectivity index (χ0v) is 53.1. The number of carbonyl (C=O) groups is 4. The highest BCUT2D eigenvalue weighted by Crippen LogP contribution is 2.43. The number of aliphatic hydroxyl groups is 7. The summed E-state index contributed by atoms with van der Waals surface area (Å²) in [5.74, 6) is -7.83. The van der Waals surface area contributed by atoms with Crippen molar-refractivity contribution in [3.05, 3.63) is 0 Å². The fourth-order valence-corrected chi connectivity index (χ4v) is 13.3. The Bertz CT molecular complexity index is 2010. The maximum Gasteiger partial charge on any atom is 0.311 e. The van der Waals surface area contributed by atoms with Gasteiger partial charge in [0.05, 0.1) is 65.3 Å². The van der Waals surface area contributed by atoms with Gasteiger partial charge in [0.15, 0.2) is 12.6 Å². The van der Waals surface area contributed by atoms with Gasteiger partial charge in [0.25, 0.3) is 0 Å². The van der Waals surface area contributed by atoms with Crippen LogP contribution in [0.4, 0.5) is 0 Å². The minimum absolute atomic E-state index is 0.00171. The molecule has 0 amide bonds. The molecule has 0 spiro atoms. The number of carbonyl (C=O) groups excluding carboxylic acids is 4. The largest absolute Gasteiger partial charge is 0.459 e. The van der Waals surface area contributed by atoms with E-state index in [0.29, 0.717) is 12.8 Å². The van der Waals surface area contributed by atoms with Gasteiger partial charge in [-0.05, 0) is 125 Å². The molecule has 4 fully saturated rings. The van der Waals surface area contributed by atoms with Crippen LogP contribution >= 0.6 is 0 Å². The second kappa shape index (κ2) is 28.3. The SMILES string of the molecule is CC[C@H]1OC(=O)[C@H](C)[C@@H](C)[C@H](C)[C@@H](O[C@@H]2O[C@H](C)C[C@H](N(C)C)[C@H]2O)[C@](C)(O)C[C@@H](C)C(=O)[C@H](C)[C@@H](O)[C@]1(C)O.CC[C@H]1OC(=O)[C@H](C)[C@@H](O[C@H]2C[C@@](C)(OC)[C@@H](C)[C@H](C)O2)[C@H](C)[C@@H](C)[C@](C)(O)C[C@@H](C)C(=O)[C@H](C)[C@@H](O)[C@]1(C)O. The zero-order valence-electron chi connectivity index (χ0n) is 53.1. The molecule has 0 aromatic heterocycles. The van der Waals surface area contributed by atoms with Gasteiger partial charge in [-0.25, -0.2) is 0 Å². The first-order chi connectivity index (χ1) is 36.5. The molecule has 0 unspecified atom stereocenters. The van der Waals surface area contributed by atoms with Gasteiger partial charge in [0.2, 0.25) is 0 Å². The van der Waals surface area contributed by atoms with Crippen molar-refractivity contribution in [2.24, 2.45) is 65.1 Å². The summed E-state index contributed by atoms with van der Waals surface area (Å²) in [5, 5.41) is 79.5. The van der Waals surface area contributed by atoms with Gasteiger partial charge < -0.3 is 73.8 Å². The number of hydrogen-bond donors (Lipinski definition) is 7. The van der Waals surface area contributed by atoms with Crippen molar-refractivity contribution < 1.29 is 88.1 Å². The molecule has 4 rings (SSSR count). The van der Waals surface area contributed by atoms with E-state index in [-0.39, 0.29) is 79.2 Å². The number of methoxy groups -OCH3 is 1. The number of esters is 2. The molecule has 468 valence electrons. The molecule has 4 saturated heterocycles. The molecule has 19 nitrogen and oxygen atoms in total. The molecule has 4 aliphatic heterocycles. The summed E-state index contributed by atoms with van der Waals surface area (Å²) in [6.45, 7) is 35.0. The van der Waals surface area contributed by atoms with Crippen molar-refractivity contribution >= 4 is 23.5 Å². The summed E-state index contributed by atoms with van der Waals surface area (Å²) in [5.41, 5.74) is -7.10. The van der Waals surface area contributed by atoms with Crippen LogP contribution in [0.15, 0.2) is 0 Å². The lowest BCUT2D eigenvalue weighted by Gasteiger charge is -2.48. The van der Waals surface area contributed by atoms with E-state index in [1.807, 2.05) is 67.5 Å². The van der Waals surface area contributed by atoms with Crippen molar-refractivity contribution in [3.8, 4) is 0 Å². The Balaban J connectivity index is 0.000000420. The summed E-state index contributed by atoms with van der Waals surface area (Å²) in [7, 11) is 5.43. The smallest absolute Gasteiger partial charge is 0.311 e. The van der Waals surface area contributed by atoms with Crippen LogP contribution in [-0.4, -0.2) is 187 Å². The topological polar surface area (TPSA) is 278 Å². The standard InChI is InChI=1S/C31H56O9.C30H55NO9/c1-13-23-31(11,36)27(33)18(4)25(32)16(2)14-29(9,35)20(6)17(3)26(19(5)28(34)39-23)40-24-15-30(10,37-12)21(7)22(8)38-24;1-12-22-30(9,37)25(34)20(7)23(32)15(2)14-29(8,36)26(18(5)17(4)19(6)27(35)39-22)40-28-24(33)21(31(10)11)13-16(3)38-28/h16-24,26-27,33,35-36H,13-15H2,1-12H3;15-22,24-26,28,33-34,36-37H,12-14H2,1-11H3/t16-,17-,18+,19-,20-,21+,22+,23-,24+,26+,27-,29-,30-,31-;15-,16-,17+,18+,19-,20+,21+,22-,24-,25-,26-,28+,29-,30-/m11/s1. The van der Waals surface area contributed by atoms with E-state index in [4.69, 9.17) is 33.2 Å². The van der Waals surface area contributed by atoms with Crippen molar-refractivity contribution in [3.63, 3.8) is 0 Å². The van der Waals surface area contributed by atoms with Crippen molar-refractivity contribution in [1.29, 1.82) is 0 Å². The third kappa shape index (κ3) is 16.2. The number of aliphatic hydroxyl groups excluding tert-OH is 3. The first kappa shape index (κ1) is 72.0. The second-order valence-corrected chi connectivity index (χ2v) is 26.8. The maximum atomic E-state index is 13.6. The quantitative estimate of drug-likeness (QED) is 0.137. The van der Waals surface area contributed by atoms with Crippen molar-refractivity contribution in [2.45, 2.75) is 279 Å². The number of cyclic esters (lactones) is 2. The third-order valence-electron chi connectivity index (χ3n) is 20.2. The van der Waals surface area contributed by atoms with E-state index >= 15 is 0 Å². The number of hydrogen-bond acceptors (Lipinski definition) is 19. The van der Waals surface area contributed by atoms with Crippen LogP contribution in [0.1, 0.15) is 177 Å². The van der Waals surface area contributed by atoms with Gasteiger partial charge in [-0.15, -0.1) is 0 Å². The highest BCUT2D eigenvalue weighted by atomic mass is 16.7. The maximum absolute atomic E-state index is 13.6. The zero-order chi connectivity index (χ0) is 61.9. The highest BCUT2D eigenvalue weighted by Gasteiger charge is 2.53. The first-order valence-corrected chi connectivity index (χ1v) is 29.8. The molecular formula is C61H111NO18. The molecule has 4 heterocycles. The number of likely N-dealkylation sites (N-methyl/N-ethyl adjacent to an activating group) is 1. The molecule has 80 heavy (non-hydrogen) atoms. The van der Waals surface area contributed by atoms with Gasteiger partial charge in [-0.2, -0.15) is 0 Å². The van der Waals surface area contributed by atoms with E-state index in [1.165, 1.54) is 20.8 Å². The number of Topliss-reactive ketones (excluding diaryl/α,β-unsaturated/α-hetero) is 2. The van der Waals surface area contributed by atoms with Gasteiger partial charge in [0, 0.05) is 49.2 Å². The lowest BCUT2D eigenvalue weighted by Crippen LogP contribution is -2.59. The first-order valence-electron chi connectivity index (χ1n) is 29.8. The van der Waals surface area contributed by atoms with Crippen LogP contribution in [0, 0.1) is 65.1 Å². The van der Waals surface area contributed by atoms with Crippen LogP contribution in [0.25, 0.3) is 0 Å². The van der Waals surface area contributed by atoms with Crippen LogP contribution in [0.5, 0.6) is 0 Å². The fraction of sp³-hybridized carbons (Fsp3) is 0.934. The predicted molar refractivity (Wildman–Crippen MR) is 301 cm³/mol. The monoisotopic (exact) mass is 1150 g/mol. The summed E-state index contributed by atoms with van der Waals surface area (Å²) in [6.07, 6.45) is -8.05. The van der Waals surface area contributed by atoms with Crippen molar-refractivity contribution in [2.75, 3.05) is 21.2 Å². The summed E-state index contributed by atoms with van der Waals surface area (Å²) in [6, 6.07) is -0.222. The highest BCUT2D eigenvalue weighted by molar-refractivity contribution is 5.84. The Hall–Kier alpha value is -2.24. The fourth-order valence-electron chi connectivity index (χ4n) is 13.3. The van der Waals surface area contributed by atoms with Crippen LogP contribution < -0.4 is 0 Å². The molecule has 7 N–H and O–H groups in total. The predicted octanol–water partition coefficient (Wildman–Crippen LogP) is 6.02. The van der Waals surface area contributed by atoms with E-state index in [2.05, 4.69) is 6.92 Å². The Morgan fingerprint density at radius 2 is 1.02 bits per heavy atom. The molecule has 0 bridgehead atoms. The average Bonchev–Trinajstić information content (AvgIpc) is 3.38. The Morgan fingerprint density at radius 3 is 1.46 bits per heavy atom. The van der Waals surface area contributed by atoms with E-state index in [9.17, 15) is 54.9 Å². The van der Waals surface area contributed by atoms with Crippen molar-refractivity contribution in [1.82, 2.24) is 4.90 Å². The lowest BCUT2D eigenvalue weighted by atomic mass is 9.70. The van der Waals surface area contributed by atoms with Crippen LogP contribution in [-0.2, 0) is 52.3 Å². The number of ether oxygens (including phenoxy) is 7. The lowest BCUT2D eigenvalue weighted by molar-refractivity contribution is -0.297. The average molecular weight is 1150 g/mol. The summed E-state index contributed by atoms with van der Waals surface area (Å²) >= 11 is 0. The Kier molecular flexibility index (Phi) is 25.5. The van der Waals surface area contributed by atoms with Crippen LogP contribution in [0.3, 0.4) is 0 Å². The third-order valence-corrected chi connectivity index (χ3v) is 20.2. The molecule has 4 aliphatic rings. The molecule has 19 heteroatoms. The van der Waals surface area contributed by atoms with Gasteiger partial charge in [-0.3, -0.25) is 19.2 Å². The summed E-state index contributed by atoms with van der Waals surface area (Å²) in [4.78, 5) is 55.7. The minimum Gasteiger partial charge on any atom is -0.459 e.